The number of amides is 2. The maximum Gasteiger partial charge on any atom is 0.323 e. The van der Waals surface area contributed by atoms with Crippen molar-refractivity contribution in [2.75, 3.05) is 19.6 Å². The first-order valence-corrected chi connectivity index (χ1v) is 5.77. The van der Waals surface area contributed by atoms with Crippen molar-refractivity contribution < 1.29 is 14.7 Å². The second kappa shape index (κ2) is 5.21. The summed E-state index contributed by atoms with van der Waals surface area (Å²) >= 11 is 0. The van der Waals surface area contributed by atoms with E-state index in [0.717, 1.165) is 12.8 Å². The molecule has 5 nitrogen and oxygen atoms in total. The zero-order valence-corrected chi connectivity index (χ0v) is 10.5. The molecule has 96 valence electrons. The molecule has 1 N–H and O–H groups in total. The van der Waals surface area contributed by atoms with Crippen LogP contribution in [0.5, 0.6) is 0 Å². The molecule has 5 heteroatoms. The second-order valence-corrected chi connectivity index (χ2v) is 4.91. The Morgan fingerprint density at radius 3 is 2.59 bits per heavy atom. The Morgan fingerprint density at radius 2 is 2.18 bits per heavy atom. The van der Waals surface area contributed by atoms with Gasteiger partial charge in [-0.15, -0.1) is 6.58 Å². The van der Waals surface area contributed by atoms with E-state index < -0.39 is 5.97 Å². The molecule has 17 heavy (non-hydrogen) atoms. The van der Waals surface area contributed by atoms with Gasteiger partial charge >= 0.3 is 12.0 Å². The fraction of sp³-hybridized carbons (Fsp3) is 0.667. The van der Waals surface area contributed by atoms with E-state index >= 15 is 0 Å². The Morgan fingerprint density at radius 1 is 1.53 bits per heavy atom. The van der Waals surface area contributed by atoms with Crippen LogP contribution < -0.4 is 0 Å². The van der Waals surface area contributed by atoms with E-state index in [0.29, 0.717) is 6.54 Å². The Bertz CT molecular complexity index is 326. The summed E-state index contributed by atoms with van der Waals surface area (Å²) in [6.07, 6.45) is 3.46. The van der Waals surface area contributed by atoms with Gasteiger partial charge in [-0.1, -0.05) is 6.08 Å². The summed E-state index contributed by atoms with van der Waals surface area (Å²) < 4.78 is 0. The van der Waals surface area contributed by atoms with E-state index in [9.17, 15) is 9.59 Å². The third kappa shape index (κ3) is 3.22. The first-order valence-electron chi connectivity index (χ1n) is 5.77. The van der Waals surface area contributed by atoms with Crippen molar-refractivity contribution in [3.05, 3.63) is 12.7 Å². The SMILES string of the molecule is C=CCN(CC(=O)O)C(=O)N1CCCC1(C)C. The number of carbonyl (C=O) groups is 2. The number of hydrogen-bond donors (Lipinski definition) is 1. The minimum atomic E-state index is -1.00. The highest BCUT2D eigenvalue weighted by atomic mass is 16.4. The van der Waals surface area contributed by atoms with Crippen LogP contribution in [0, 0.1) is 0 Å². The monoisotopic (exact) mass is 240 g/mol. The van der Waals surface area contributed by atoms with Crippen LogP contribution in [0.1, 0.15) is 26.7 Å². The number of likely N-dealkylation sites (tertiary alicyclic amines) is 1. The summed E-state index contributed by atoms with van der Waals surface area (Å²) in [6, 6.07) is -0.213. The van der Waals surface area contributed by atoms with Gasteiger partial charge in [0.1, 0.15) is 6.54 Å². The molecule has 1 rings (SSSR count). The maximum atomic E-state index is 12.2. The Labute approximate surface area is 102 Å². The molecule has 0 radical (unpaired) electrons. The van der Waals surface area contributed by atoms with E-state index in [2.05, 4.69) is 6.58 Å². The van der Waals surface area contributed by atoms with Gasteiger partial charge in [-0.2, -0.15) is 0 Å². The molecule has 0 spiro atoms. The van der Waals surface area contributed by atoms with Gasteiger partial charge in [-0.25, -0.2) is 4.79 Å². The molecule has 0 aromatic carbocycles. The number of aliphatic carboxylic acids is 1. The van der Waals surface area contributed by atoms with Crippen LogP contribution in [-0.4, -0.2) is 52.1 Å². The van der Waals surface area contributed by atoms with Crippen LogP contribution >= 0.6 is 0 Å². The molecule has 1 saturated heterocycles. The van der Waals surface area contributed by atoms with Gasteiger partial charge < -0.3 is 14.9 Å². The number of carbonyl (C=O) groups excluding carboxylic acids is 1. The lowest BCUT2D eigenvalue weighted by atomic mass is 10.0. The van der Waals surface area contributed by atoms with E-state index in [1.807, 2.05) is 13.8 Å². The highest BCUT2D eigenvalue weighted by Crippen LogP contribution is 2.29. The summed E-state index contributed by atoms with van der Waals surface area (Å²) in [7, 11) is 0. The van der Waals surface area contributed by atoms with E-state index in [1.54, 1.807) is 11.0 Å². The molecule has 0 bridgehead atoms. The molecular formula is C12H20N2O3. The number of nitrogens with zero attached hydrogens (tertiary/aromatic N) is 2. The summed E-state index contributed by atoms with van der Waals surface area (Å²) in [5, 5.41) is 8.79. The fourth-order valence-electron chi connectivity index (χ4n) is 2.16. The van der Waals surface area contributed by atoms with Crippen molar-refractivity contribution in [1.82, 2.24) is 9.80 Å². The number of urea groups is 1. The van der Waals surface area contributed by atoms with Gasteiger partial charge in [0.2, 0.25) is 0 Å². The third-order valence-corrected chi connectivity index (χ3v) is 3.08. The smallest absolute Gasteiger partial charge is 0.323 e. The Kier molecular flexibility index (Phi) is 4.15. The Hall–Kier alpha value is -1.52. The van der Waals surface area contributed by atoms with Gasteiger partial charge in [-0.3, -0.25) is 4.79 Å². The minimum Gasteiger partial charge on any atom is -0.480 e. The Balaban J connectivity index is 2.76. The van der Waals surface area contributed by atoms with E-state index in [1.165, 1.54) is 4.90 Å². The number of carboxylic acid groups (broad SMARTS) is 1. The van der Waals surface area contributed by atoms with Gasteiger partial charge in [0, 0.05) is 18.6 Å². The number of hydrogen-bond acceptors (Lipinski definition) is 2. The lowest BCUT2D eigenvalue weighted by Crippen LogP contribution is -2.51. The molecule has 1 fully saturated rings. The van der Waals surface area contributed by atoms with Crippen molar-refractivity contribution in [3.8, 4) is 0 Å². The van der Waals surface area contributed by atoms with Crippen molar-refractivity contribution in [3.63, 3.8) is 0 Å². The summed E-state index contributed by atoms with van der Waals surface area (Å²) in [6.45, 7) is 8.23. The number of rotatable bonds is 4. The van der Waals surface area contributed by atoms with Crippen molar-refractivity contribution in [2.45, 2.75) is 32.2 Å². The molecule has 0 aliphatic carbocycles. The molecule has 0 atom stereocenters. The van der Waals surface area contributed by atoms with Crippen molar-refractivity contribution in [2.24, 2.45) is 0 Å². The molecule has 0 aromatic heterocycles. The molecule has 2 amide bonds. The molecule has 1 heterocycles. The minimum absolute atomic E-state index is 0.186. The van der Waals surface area contributed by atoms with Gasteiger partial charge in [0.05, 0.1) is 0 Å². The normalized spacial score (nSPS) is 17.9. The lowest BCUT2D eigenvalue weighted by Gasteiger charge is -2.35. The van der Waals surface area contributed by atoms with Gasteiger partial charge in [-0.05, 0) is 26.7 Å². The molecule has 0 saturated carbocycles. The first-order chi connectivity index (χ1) is 7.88. The summed E-state index contributed by atoms with van der Waals surface area (Å²) in [4.78, 5) is 26.0. The predicted molar refractivity (Wildman–Crippen MR) is 64.8 cm³/mol. The number of carboxylic acids is 1. The highest BCUT2D eigenvalue weighted by molar-refractivity contribution is 5.81. The van der Waals surface area contributed by atoms with Gasteiger partial charge in [0.15, 0.2) is 0 Å². The molecular weight excluding hydrogens is 220 g/mol. The largest absolute Gasteiger partial charge is 0.480 e. The fourth-order valence-corrected chi connectivity index (χ4v) is 2.16. The summed E-state index contributed by atoms with van der Waals surface area (Å²) in [5.74, 6) is -1.00. The molecule has 1 aliphatic rings. The summed E-state index contributed by atoms with van der Waals surface area (Å²) in [5.41, 5.74) is -0.186. The van der Waals surface area contributed by atoms with Crippen LogP contribution in [0.15, 0.2) is 12.7 Å². The third-order valence-electron chi connectivity index (χ3n) is 3.08. The van der Waals surface area contributed by atoms with Crippen LogP contribution in [-0.2, 0) is 4.79 Å². The molecule has 0 aromatic rings. The average molecular weight is 240 g/mol. The van der Waals surface area contributed by atoms with Crippen LogP contribution in [0.4, 0.5) is 4.79 Å². The zero-order valence-electron chi connectivity index (χ0n) is 10.5. The molecule has 0 unspecified atom stereocenters. The van der Waals surface area contributed by atoms with Crippen LogP contribution in [0.3, 0.4) is 0 Å². The van der Waals surface area contributed by atoms with Gasteiger partial charge in [0.25, 0.3) is 0 Å². The first kappa shape index (κ1) is 13.5. The maximum absolute atomic E-state index is 12.2. The zero-order chi connectivity index (χ0) is 13.1. The predicted octanol–water partition coefficient (Wildman–Crippen LogP) is 1.55. The standard InChI is InChI=1S/C12H20N2O3/c1-4-7-13(9-10(15)16)11(17)14-8-5-6-12(14,2)3/h4H,1,5-9H2,2-3H3,(H,15,16). The topological polar surface area (TPSA) is 60.9 Å². The van der Waals surface area contributed by atoms with Crippen molar-refractivity contribution in [1.29, 1.82) is 0 Å². The van der Waals surface area contributed by atoms with E-state index in [-0.39, 0.29) is 24.7 Å². The molecule has 1 aliphatic heterocycles. The second-order valence-electron chi connectivity index (χ2n) is 4.91. The van der Waals surface area contributed by atoms with E-state index in [4.69, 9.17) is 5.11 Å². The van der Waals surface area contributed by atoms with Crippen LogP contribution in [0.25, 0.3) is 0 Å². The highest BCUT2D eigenvalue weighted by Gasteiger charge is 2.37. The average Bonchev–Trinajstić information content (AvgIpc) is 2.56. The quantitative estimate of drug-likeness (QED) is 0.758. The van der Waals surface area contributed by atoms with Crippen LogP contribution in [0.2, 0.25) is 0 Å². The lowest BCUT2D eigenvalue weighted by molar-refractivity contribution is -0.137. The van der Waals surface area contributed by atoms with Crippen molar-refractivity contribution >= 4 is 12.0 Å².